The first-order valence-electron chi connectivity index (χ1n) is 8.35. The van der Waals surface area contributed by atoms with Crippen LogP contribution in [0.25, 0.3) is 0 Å². The van der Waals surface area contributed by atoms with Crippen LogP contribution in [0.4, 0.5) is 18.9 Å². The number of rotatable bonds is 3. The van der Waals surface area contributed by atoms with Crippen LogP contribution in [0.2, 0.25) is 0 Å². The summed E-state index contributed by atoms with van der Waals surface area (Å²) in [5.41, 5.74) is -5.13. The van der Waals surface area contributed by atoms with E-state index < -0.39 is 20.2 Å². The van der Waals surface area contributed by atoms with Crippen molar-refractivity contribution in [1.82, 2.24) is 4.90 Å². The molecule has 0 atom stereocenters. The Labute approximate surface area is 159 Å². The lowest BCUT2D eigenvalue weighted by Gasteiger charge is -2.37. The molecular weight excluding hydrogens is 397 g/mol. The lowest BCUT2D eigenvalue weighted by Crippen LogP contribution is -2.49. The van der Waals surface area contributed by atoms with Gasteiger partial charge in [0.1, 0.15) is 5.75 Å². The molecule has 0 spiro atoms. The SMILES string of the molecule is O=C(c1cccc(O)c1)N1CCN(c2ccccc2S(=O)(=O)C(F)(F)F)CC1. The van der Waals surface area contributed by atoms with E-state index in [9.17, 15) is 31.5 Å². The highest BCUT2D eigenvalue weighted by molar-refractivity contribution is 7.92. The van der Waals surface area contributed by atoms with Crippen LogP contribution in [0.5, 0.6) is 5.75 Å². The molecule has 0 aliphatic carbocycles. The van der Waals surface area contributed by atoms with Gasteiger partial charge in [-0.1, -0.05) is 18.2 Å². The van der Waals surface area contributed by atoms with Gasteiger partial charge >= 0.3 is 5.51 Å². The molecule has 0 saturated carbocycles. The number of carbonyl (C=O) groups excluding carboxylic acids is 1. The second-order valence-corrected chi connectivity index (χ2v) is 8.16. The maximum atomic E-state index is 13.0. The Kier molecular flexibility index (Phi) is 5.24. The molecule has 1 amide bonds. The van der Waals surface area contributed by atoms with E-state index in [1.165, 1.54) is 46.2 Å². The number of phenols is 1. The first-order valence-corrected chi connectivity index (χ1v) is 9.83. The Balaban J connectivity index is 1.79. The van der Waals surface area contributed by atoms with Crippen LogP contribution in [0, 0.1) is 0 Å². The molecule has 0 aromatic heterocycles. The van der Waals surface area contributed by atoms with Crippen LogP contribution in [0.1, 0.15) is 10.4 Å². The molecule has 2 aromatic carbocycles. The molecule has 0 radical (unpaired) electrons. The molecule has 150 valence electrons. The second-order valence-electron chi connectivity index (χ2n) is 6.25. The van der Waals surface area contributed by atoms with Crippen molar-refractivity contribution in [1.29, 1.82) is 0 Å². The number of carbonyl (C=O) groups is 1. The van der Waals surface area contributed by atoms with Crippen LogP contribution in [0.15, 0.2) is 53.4 Å². The fourth-order valence-corrected chi connectivity index (χ4v) is 4.02. The number of piperazine rings is 1. The molecule has 3 rings (SSSR count). The summed E-state index contributed by atoms with van der Waals surface area (Å²) in [4.78, 5) is 14.7. The molecule has 6 nitrogen and oxygen atoms in total. The average Bonchev–Trinajstić information content (AvgIpc) is 2.66. The minimum absolute atomic E-state index is 0.0377. The molecule has 1 aliphatic rings. The maximum absolute atomic E-state index is 13.0. The smallest absolute Gasteiger partial charge is 0.501 e. The van der Waals surface area contributed by atoms with Crippen molar-refractivity contribution in [3.63, 3.8) is 0 Å². The monoisotopic (exact) mass is 414 g/mol. The molecule has 1 aliphatic heterocycles. The minimum Gasteiger partial charge on any atom is -0.508 e. The van der Waals surface area contributed by atoms with Crippen molar-refractivity contribution < 1.29 is 31.5 Å². The van der Waals surface area contributed by atoms with Crippen LogP contribution in [-0.2, 0) is 9.84 Å². The van der Waals surface area contributed by atoms with E-state index in [1.807, 2.05) is 0 Å². The van der Waals surface area contributed by atoms with E-state index in [2.05, 4.69) is 0 Å². The van der Waals surface area contributed by atoms with Gasteiger partial charge < -0.3 is 14.9 Å². The van der Waals surface area contributed by atoms with Gasteiger partial charge in [-0.05, 0) is 30.3 Å². The third-order valence-corrected chi connectivity index (χ3v) is 5.99. The number of anilines is 1. The third-order valence-electron chi connectivity index (χ3n) is 4.46. The van der Waals surface area contributed by atoms with Crippen LogP contribution >= 0.6 is 0 Å². The number of sulfone groups is 1. The number of halogens is 3. The third kappa shape index (κ3) is 3.77. The van der Waals surface area contributed by atoms with Gasteiger partial charge in [0, 0.05) is 31.7 Å². The Morgan fingerprint density at radius 1 is 0.964 bits per heavy atom. The lowest BCUT2D eigenvalue weighted by atomic mass is 10.1. The number of nitrogens with zero attached hydrogens (tertiary/aromatic N) is 2. The van der Waals surface area contributed by atoms with Gasteiger partial charge in [0.25, 0.3) is 15.7 Å². The summed E-state index contributed by atoms with van der Waals surface area (Å²) in [5, 5.41) is 9.50. The molecule has 1 saturated heterocycles. The van der Waals surface area contributed by atoms with Crippen molar-refractivity contribution in [2.24, 2.45) is 0 Å². The first-order chi connectivity index (χ1) is 13.1. The molecule has 28 heavy (non-hydrogen) atoms. The Hall–Kier alpha value is -2.75. The molecule has 10 heteroatoms. The number of hydrogen-bond acceptors (Lipinski definition) is 5. The van der Waals surface area contributed by atoms with Crippen LogP contribution in [0.3, 0.4) is 0 Å². The summed E-state index contributed by atoms with van der Waals surface area (Å²) in [5.74, 6) is -0.359. The van der Waals surface area contributed by atoms with Gasteiger partial charge in [-0.3, -0.25) is 4.79 Å². The molecule has 0 bridgehead atoms. The number of alkyl halides is 3. The topological polar surface area (TPSA) is 77.9 Å². The van der Waals surface area contributed by atoms with Crippen molar-refractivity contribution in [2.45, 2.75) is 10.4 Å². The highest BCUT2D eigenvalue weighted by Gasteiger charge is 2.48. The van der Waals surface area contributed by atoms with Gasteiger partial charge in [0.15, 0.2) is 0 Å². The van der Waals surface area contributed by atoms with Gasteiger partial charge in [-0.15, -0.1) is 0 Å². The first kappa shape index (κ1) is 20.0. The van der Waals surface area contributed by atoms with Crippen molar-refractivity contribution in [3.05, 3.63) is 54.1 Å². The minimum atomic E-state index is -5.48. The van der Waals surface area contributed by atoms with Crippen molar-refractivity contribution >= 4 is 21.4 Å². The van der Waals surface area contributed by atoms with Gasteiger partial charge in [0.2, 0.25) is 0 Å². The standard InChI is InChI=1S/C18H17F3N2O4S/c19-18(20,21)28(26,27)16-7-2-1-6-15(16)22-8-10-23(11-9-22)17(25)13-4-3-5-14(24)12-13/h1-7,12,24H,8-11H2. The Morgan fingerprint density at radius 2 is 1.61 bits per heavy atom. The zero-order chi connectivity index (χ0) is 20.5. The van der Waals surface area contributed by atoms with Gasteiger partial charge in [-0.2, -0.15) is 13.2 Å². The summed E-state index contributed by atoms with van der Waals surface area (Å²) in [7, 11) is -5.48. The second kappa shape index (κ2) is 7.34. The van der Waals surface area contributed by atoms with E-state index in [4.69, 9.17) is 0 Å². The summed E-state index contributed by atoms with van der Waals surface area (Å²) in [6, 6.07) is 10.8. The molecule has 0 unspecified atom stereocenters. The Bertz CT molecular complexity index is 984. The van der Waals surface area contributed by atoms with E-state index in [1.54, 1.807) is 6.07 Å². The van der Waals surface area contributed by atoms with Crippen molar-refractivity contribution in [3.8, 4) is 5.75 Å². The van der Waals surface area contributed by atoms with E-state index in [0.717, 1.165) is 6.07 Å². The van der Waals surface area contributed by atoms with Crippen LogP contribution in [-0.4, -0.2) is 56.0 Å². The summed E-state index contributed by atoms with van der Waals surface area (Å²) in [6.45, 7) is 0.758. The number of para-hydroxylation sites is 1. The van der Waals surface area contributed by atoms with Crippen molar-refractivity contribution in [2.75, 3.05) is 31.1 Å². The van der Waals surface area contributed by atoms with E-state index >= 15 is 0 Å². The average molecular weight is 414 g/mol. The highest BCUT2D eigenvalue weighted by atomic mass is 32.2. The van der Waals surface area contributed by atoms with E-state index in [-0.39, 0.29) is 43.5 Å². The number of benzene rings is 2. The molecule has 1 heterocycles. The predicted molar refractivity (Wildman–Crippen MR) is 95.9 cm³/mol. The zero-order valence-electron chi connectivity index (χ0n) is 14.6. The highest BCUT2D eigenvalue weighted by Crippen LogP contribution is 2.36. The predicted octanol–water partition coefficient (Wildman–Crippen LogP) is 2.65. The summed E-state index contributed by atoms with van der Waals surface area (Å²) >= 11 is 0. The molecule has 1 N–H and O–H groups in total. The normalized spacial score (nSPS) is 15.5. The number of phenolic OH excluding ortho intramolecular Hbond substituents is 1. The van der Waals surface area contributed by atoms with Gasteiger partial charge in [-0.25, -0.2) is 8.42 Å². The van der Waals surface area contributed by atoms with Gasteiger partial charge in [0.05, 0.1) is 10.6 Å². The molecular formula is C18H17F3N2O4S. The maximum Gasteiger partial charge on any atom is 0.501 e. The summed E-state index contributed by atoms with van der Waals surface area (Å²) in [6.07, 6.45) is 0. The lowest BCUT2D eigenvalue weighted by molar-refractivity contribution is -0.0435. The fraction of sp³-hybridized carbons (Fsp3) is 0.278. The number of aromatic hydroxyl groups is 1. The molecule has 2 aromatic rings. The zero-order valence-corrected chi connectivity index (χ0v) is 15.4. The number of hydrogen-bond donors (Lipinski definition) is 1. The van der Waals surface area contributed by atoms with E-state index in [0.29, 0.717) is 5.56 Å². The van der Waals surface area contributed by atoms with Crippen LogP contribution < -0.4 is 4.90 Å². The quantitative estimate of drug-likeness (QED) is 0.836. The summed E-state index contributed by atoms with van der Waals surface area (Å²) < 4.78 is 62.7. The Morgan fingerprint density at radius 3 is 2.21 bits per heavy atom. The molecule has 1 fully saturated rings. The number of amides is 1. The largest absolute Gasteiger partial charge is 0.508 e. The fourth-order valence-electron chi connectivity index (χ4n) is 3.04.